The van der Waals surface area contributed by atoms with E-state index in [1.807, 2.05) is 63.2 Å². The summed E-state index contributed by atoms with van der Waals surface area (Å²) in [4.78, 5) is 38.0. The van der Waals surface area contributed by atoms with Crippen molar-refractivity contribution in [2.75, 3.05) is 19.7 Å². The molecule has 33 heavy (non-hydrogen) atoms. The lowest BCUT2D eigenvalue weighted by atomic mass is 10.0. The summed E-state index contributed by atoms with van der Waals surface area (Å²) < 4.78 is 5.02. The van der Waals surface area contributed by atoms with Gasteiger partial charge in [0.15, 0.2) is 6.10 Å². The van der Waals surface area contributed by atoms with Crippen molar-refractivity contribution in [1.82, 2.24) is 10.2 Å². The molecule has 0 aliphatic carbocycles. The molecule has 2 rings (SSSR count). The number of aliphatic carboxylic acids is 1. The van der Waals surface area contributed by atoms with Crippen molar-refractivity contribution in [3.8, 4) is 0 Å². The number of fused-ring (bicyclic) bond motifs is 1. The Morgan fingerprint density at radius 1 is 1.06 bits per heavy atom. The van der Waals surface area contributed by atoms with Crippen LogP contribution in [0.2, 0.25) is 0 Å². The lowest BCUT2D eigenvalue weighted by Gasteiger charge is -2.28. The standard InChI is InChI=1S/C25H34N2O6/c1-4-5-12-33-24(31)22(28)16-27(15-17(2)3)25(32)26-21(23(29)30)14-18-10-11-19-8-6-7-9-20(19)13-18/h6-11,13,17,21-22,28H,4-5,12,14-16H2,1-3H3,(H,26,32)(H,29,30)/t21-,22+/m1/s1. The molecule has 180 valence electrons. The summed E-state index contributed by atoms with van der Waals surface area (Å²) in [6.45, 7) is 5.89. The van der Waals surface area contributed by atoms with Gasteiger partial charge < -0.3 is 25.2 Å². The number of aliphatic hydroxyl groups is 1. The van der Waals surface area contributed by atoms with Crippen molar-refractivity contribution in [2.24, 2.45) is 5.92 Å². The Labute approximate surface area is 194 Å². The van der Waals surface area contributed by atoms with Crippen molar-refractivity contribution in [3.05, 3.63) is 48.0 Å². The molecular weight excluding hydrogens is 424 g/mol. The van der Waals surface area contributed by atoms with Crippen LogP contribution in [0.15, 0.2) is 42.5 Å². The van der Waals surface area contributed by atoms with Crippen molar-refractivity contribution >= 4 is 28.7 Å². The number of hydrogen-bond donors (Lipinski definition) is 3. The summed E-state index contributed by atoms with van der Waals surface area (Å²) in [6, 6.07) is 11.6. The molecule has 3 N–H and O–H groups in total. The van der Waals surface area contributed by atoms with E-state index in [9.17, 15) is 24.6 Å². The van der Waals surface area contributed by atoms with E-state index in [2.05, 4.69) is 5.32 Å². The van der Waals surface area contributed by atoms with Crippen molar-refractivity contribution in [2.45, 2.75) is 52.2 Å². The molecule has 2 aromatic rings. The Kier molecular flexibility index (Phi) is 10.1. The highest BCUT2D eigenvalue weighted by atomic mass is 16.5. The first-order valence-electron chi connectivity index (χ1n) is 11.3. The van der Waals surface area contributed by atoms with Crippen LogP contribution < -0.4 is 5.32 Å². The van der Waals surface area contributed by atoms with Crippen LogP contribution in [-0.2, 0) is 20.7 Å². The average molecular weight is 459 g/mol. The van der Waals surface area contributed by atoms with E-state index in [-0.39, 0.29) is 32.0 Å². The fourth-order valence-electron chi connectivity index (χ4n) is 3.42. The highest BCUT2D eigenvalue weighted by molar-refractivity contribution is 5.85. The molecule has 0 fully saturated rings. The van der Waals surface area contributed by atoms with E-state index >= 15 is 0 Å². The number of ether oxygens (including phenoxy) is 1. The number of aliphatic hydroxyl groups excluding tert-OH is 1. The summed E-state index contributed by atoms with van der Waals surface area (Å²) in [5.74, 6) is -1.92. The number of rotatable bonds is 12. The third-order valence-corrected chi connectivity index (χ3v) is 5.13. The SMILES string of the molecule is CCCCOC(=O)[C@@H](O)CN(CC(C)C)C(=O)N[C@H](Cc1ccc2ccccc2c1)C(=O)O. The summed E-state index contributed by atoms with van der Waals surface area (Å²) in [5.41, 5.74) is 0.774. The molecule has 0 saturated heterocycles. The predicted octanol–water partition coefficient (Wildman–Crippen LogP) is 3.21. The molecule has 0 heterocycles. The average Bonchev–Trinajstić information content (AvgIpc) is 2.77. The van der Waals surface area contributed by atoms with Gasteiger partial charge in [-0.25, -0.2) is 14.4 Å². The van der Waals surface area contributed by atoms with E-state index < -0.39 is 30.1 Å². The maximum absolute atomic E-state index is 12.9. The highest BCUT2D eigenvalue weighted by Gasteiger charge is 2.28. The van der Waals surface area contributed by atoms with Gasteiger partial charge in [-0.05, 0) is 28.7 Å². The van der Waals surface area contributed by atoms with E-state index in [0.29, 0.717) is 6.42 Å². The number of nitrogens with one attached hydrogen (secondary N) is 1. The van der Waals surface area contributed by atoms with Crippen LogP contribution in [0.3, 0.4) is 0 Å². The summed E-state index contributed by atoms with van der Waals surface area (Å²) in [6.07, 6.45) is 0.126. The summed E-state index contributed by atoms with van der Waals surface area (Å²) >= 11 is 0. The van der Waals surface area contributed by atoms with Crippen molar-refractivity contribution in [3.63, 3.8) is 0 Å². The van der Waals surface area contributed by atoms with E-state index in [0.717, 1.165) is 22.8 Å². The molecule has 2 atom stereocenters. The number of unbranched alkanes of at least 4 members (excludes halogenated alkanes) is 1. The van der Waals surface area contributed by atoms with Crippen LogP contribution in [0.4, 0.5) is 4.79 Å². The normalized spacial score (nSPS) is 12.9. The lowest BCUT2D eigenvalue weighted by molar-refractivity contribution is -0.154. The molecule has 8 heteroatoms. The maximum Gasteiger partial charge on any atom is 0.336 e. The molecule has 0 unspecified atom stereocenters. The van der Waals surface area contributed by atoms with Gasteiger partial charge in [0.05, 0.1) is 13.2 Å². The van der Waals surface area contributed by atoms with E-state index in [4.69, 9.17) is 4.74 Å². The van der Waals surface area contributed by atoms with Gasteiger partial charge in [0.2, 0.25) is 0 Å². The van der Waals surface area contributed by atoms with Gasteiger partial charge in [0.25, 0.3) is 0 Å². The van der Waals surface area contributed by atoms with Gasteiger partial charge in [-0.15, -0.1) is 0 Å². The molecule has 0 bridgehead atoms. The van der Waals surface area contributed by atoms with Crippen LogP contribution >= 0.6 is 0 Å². The summed E-state index contributed by atoms with van der Waals surface area (Å²) in [7, 11) is 0. The molecule has 2 amide bonds. The number of carboxylic acid groups (broad SMARTS) is 1. The Bertz CT molecular complexity index is 945. The van der Waals surface area contributed by atoms with Crippen molar-refractivity contribution in [1.29, 1.82) is 0 Å². The lowest BCUT2D eigenvalue weighted by Crippen LogP contribution is -2.52. The number of urea groups is 1. The molecule has 0 saturated carbocycles. The summed E-state index contributed by atoms with van der Waals surface area (Å²) in [5, 5.41) is 24.5. The number of carboxylic acids is 1. The van der Waals surface area contributed by atoms with Gasteiger partial charge in [-0.1, -0.05) is 69.7 Å². The number of nitrogens with zero attached hydrogens (tertiary/aromatic N) is 1. The Morgan fingerprint density at radius 2 is 1.76 bits per heavy atom. The van der Waals surface area contributed by atoms with Crippen LogP contribution in [0, 0.1) is 5.92 Å². The molecule has 0 spiro atoms. The highest BCUT2D eigenvalue weighted by Crippen LogP contribution is 2.17. The Morgan fingerprint density at radius 3 is 2.39 bits per heavy atom. The van der Waals surface area contributed by atoms with Gasteiger partial charge >= 0.3 is 18.0 Å². The Hall–Kier alpha value is -3.13. The van der Waals surface area contributed by atoms with Gasteiger partial charge in [-0.2, -0.15) is 0 Å². The zero-order valence-corrected chi connectivity index (χ0v) is 19.5. The number of carbonyl (C=O) groups is 3. The van der Waals surface area contributed by atoms with Crippen LogP contribution in [0.25, 0.3) is 10.8 Å². The minimum absolute atomic E-state index is 0.0443. The molecule has 0 radical (unpaired) electrons. The minimum Gasteiger partial charge on any atom is -0.480 e. The first kappa shape index (κ1) is 26.1. The molecule has 0 aliphatic heterocycles. The molecule has 0 aromatic heterocycles. The monoisotopic (exact) mass is 458 g/mol. The Balaban J connectivity index is 2.08. The fourth-order valence-corrected chi connectivity index (χ4v) is 3.42. The zero-order chi connectivity index (χ0) is 24.4. The van der Waals surface area contributed by atoms with Gasteiger partial charge in [0.1, 0.15) is 6.04 Å². The minimum atomic E-state index is -1.50. The second-order valence-electron chi connectivity index (χ2n) is 8.56. The van der Waals surface area contributed by atoms with Crippen LogP contribution in [0.5, 0.6) is 0 Å². The molecule has 8 nitrogen and oxygen atoms in total. The van der Waals surface area contributed by atoms with Gasteiger partial charge in [0, 0.05) is 13.0 Å². The molecule has 2 aromatic carbocycles. The van der Waals surface area contributed by atoms with Crippen molar-refractivity contribution < 1.29 is 29.3 Å². The number of carbonyl (C=O) groups excluding carboxylic acids is 2. The zero-order valence-electron chi connectivity index (χ0n) is 19.5. The van der Waals surface area contributed by atoms with E-state index in [1.54, 1.807) is 0 Å². The van der Waals surface area contributed by atoms with E-state index in [1.165, 1.54) is 4.90 Å². The van der Waals surface area contributed by atoms with Gasteiger partial charge in [-0.3, -0.25) is 0 Å². The topological polar surface area (TPSA) is 116 Å². The van der Waals surface area contributed by atoms with Crippen LogP contribution in [0.1, 0.15) is 39.2 Å². The third-order valence-electron chi connectivity index (χ3n) is 5.13. The fraction of sp³-hybridized carbons (Fsp3) is 0.480. The second-order valence-corrected chi connectivity index (χ2v) is 8.56. The molecule has 0 aliphatic rings. The number of amides is 2. The third kappa shape index (κ3) is 8.38. The quantitative estimate of drug-likeness (QED) is 0.332. The largest absolute Gasteiger partial charge is 0.480 e. The number of benzene rings is 2. The first-order valence-corrected chi connectivity index (χ1v) is 11.3. The maximum atomic E-state index is 12.9. The first-order chi connectivity index (χ1) is 15.7. The predicted molar refractivity (Wildman–Crippen MR) is 126 cm³/mol. The number of esters is 1. The smallest absolute Gasteiger partial charge is 0.336 e. The molecular formula is C25H34N2O6. The van der Waals surface area contributed by atoms with Crippen LogP contribution in [-0.4, -0.2) is 64.9 Å². The number of hydrogen-bond acceptors (Lipinski definition) is 5. The second kappa shape index (κ2) is 12.8.